The number of aromatic nitrogens is 4. The number of aryl methyl sites for hydroxylation is 1. The maximum atomic E-state index is 12.5. The standard InChI is InChI=1S/C24H18N4O2/c1-14-5-4-8-19-21(14)24(30)26-22(25-19)16-11-9-15(10-12-16)13-20-17-6-2-3-7-18(17)23(29)28-27-20/h2-12H,13H2,1H3,(H,28,29)(H,25,26,30). The zero-order valence-corrected chi connectivity index (χ0v) is 16.3. The molecular formula is C24H18N4O2. The van der Waals surface area contributed by atoms with E-state index in [9.17, 15) is 9.59 Å². The van der Waals surface area contributed by atoms with Crippen LogP contribution in [0.1, 0.15) is 16.8 Å². The first-order valence-corrected chi connectivity index (χ1v) is 9.65. The van der Waals surface area contributed by atoms with Crippen molar-refractivity contribution in [1.82, 2.24) is 20.2 Å². The predicted molar refractivity (Wildman–Crippen MR) is 118 cm³/mol. The van der Waals surface area contributed by atoms with Gasteiger partial charge in [-0.1, -0.05) is 54.6 Å². The summed E-state index contributed by atoms with van der Waals surface area (Å²) in [5.41, 5.74) is 3.95. The number of benzene rings is 3. The Hall–Kier alpha value is -4.06. The Kier molecular flexibility index (Phi) is 4.25. The molecular weight excluding hydrogens is 376 g/mol. The molecule has 0 bridgehead atoms. The fourth-order valence-electron chi connectivity index (χ4n) is 3.78. The van der Waals surface area contributed by atoms with Crippen molar-refractivity contribution in [1.29, 1.82) is 0 Å². The van der Waals surface area contributed by atoms with Gasteiger partial charge >= 0.3 is 0 Å². The zero-order valence-electron chi connectivity index (χ0n) is 16.3. The molecule has 2 heterocycles. The Balaban J connectivity index is 1.50. The fourth-order valence-corrected chi connectivity index (χ4v) is 3.78. The molecule has 0 aliphatic rings. The van der Waals surface area contributed by atoms with Crippen LogP contribution in [0.15, 0.2) is 76.3 Å². The molecule has 0 saturated carbocycles. The lowest BCUT2D eigenvalue weighted by atomic mass is 10.0. The van der Waals surface area contributed by atoms with Crippen LogP contribution in [0.25, 0.3) is 33.1 Å². The quantitative estimate of drug-likeness (QED) is 0.488. The summed E-state index contributed by atoms with van der Waals surface area (Å²) in [5.74, 6) is 0.539. The molecule has 6 heteroatoms. The summed E-state index contributed by atoms with van der Waals surface area (Å²) in [6.07, 6.45) is 0.582. The van der Waals surface area contributed by atoms with Crippen LogP contribution >= 0.6 is 0 Å². The van der Waals surface area contributed by atoms with Crippen molar-refractivity contribution in [2.45, 2.75) is 13.3 Å². The van der Waals surface area contributed by atoms with Crippen molar-refractivity contribution < 1.29 is 0 Å². The summed E-state index contributed by atoms with van der Waals surface area (Å²) in [6, 6.07) is 20.9. The predicted octanol–water partition coefficient (Wildman–Crippen LogP) is 3.73. The van der Waals surface area contributed by atoms with Crippen LogP contribution in [0, 0.1) is 6.92 Å². The molecule has 0 aliphatic heterocycles. The lowest BCUT2D eigenvalue weighted by Crippen LogP contribution is -2.11. The molecule has 5 rings (SSSR count). The Bertz CT molecular complexity index is 1520. The van der Waals surface area contributed by atoms with Gasteiger partial charge in [0.05, 0.1) is 22.0 Å². The first kappa shape index (κ1) is 18.0. The van der Waals surface area contributed by atoms with E-state index in [0.717, 1.165) is 27.8 Å². The molecule has 0 fully saturated rings. The van der Waals surface area contributed by atoms with E-state index < -0.39 is 0 Å². The van der Waals surface area contributed by atoms with Crippen LogP contribution in [0.4, 0.5) is 0 Å². The van der Waals surface area contributed by atoms with Gasteiger partial charge in [0.2, 0.25) is 0 Å². The molecule has 3 aromatic carbocycles. The smallest absolute Gasteiger partial charge is 0.272 e. The highest BCUT2D eigenvalue weighted by molar-refractivity contribution is 5.84. The van der Waals surface area contributed by atoms with E-state index in [2.05, 4.69) is 20.2 Å². The second kappa shape index (κ2) is 7.08. The third kappa shape index (κ3) is 3.08. The highest BCUT2D eigenvalue weighted by atomic mass is 16.1. The maximum Gasteiger partial charge on any atom is 0.272 e. The molecule has 0 radical (unpaired) electrons. The van der Waals surface area contributed by atoms with Gasteiger partial charge in [0, 0.05) is 17.4 Å². The van der Waals surface area contributed by atoms with Crippen molar-refractivity contribution >= 4 is 21.7 Å². The van der Waals surface area contributed by atoms with Crippen molar-refractivity contribution in [3.05, 3.63) is 104 Å². The Morgan fingerprint density at radius 2 is 1.60 bits per heavy atom. The maximum absolute atomic E-state index is 12.5. The molecule has 5 aromatic rings. The highest BCUT2D eigenvalue weighted by Gasteiger charge is 2.10. The molecule has 30 heavy (non-hydrogen) atoms. The number of aromatic amines is 2. The molecule has 2 aromatic heterocycles. The molecule has 0 unspecified atom stereocenters. The van der Waals surface area contributed by atoms with Gasteiger partial charge in [-0.2, -0.15) is 5.10 Å². The van der Waals surface area contributed by atoms with Gasteiger partial charge in [0.25, 0.3) is 11.1 Å². The fraction of sp³-hybridized carbons (Fsp3) is 0.0833. The van der Waals surface area contributed by atoms with Crippen LogP contribution < -0.4 is 11.1 Å². The van der Waals surface area contributed by atoms with Crippen LogP contribution in [-0.2, 0) is 6.42 Å². The van der Waals surface area contributed by atoms with E-state index >= 15 is 0 Å². The minimum atomic E-state index is -0.189. The first-order valence-electron chi connectivity index (χ1n) is 9.65. The number of hydrogen-bond donors (Lipinski definition) is 2. The topological polar surface area (TPSA) is 91.5 Å². The van der Waals surface area contributed by atoms with Crippen LogP contribution in [-0.4, -0.2) is 20.2 Å². The summed E-state index contributed by atoms with van der Waals surface area (Å²) in [4.78, 5) is 32.0. The second-order valence-electron chi connectivity index (χ2n) is 7.30. The van der Waals surface area contributed by atoms with Gasteiger partial charge in [0.15, 0.2) is 0 Å². The molecule has 0 aliphatic carbocycles. The summed E-state index contributed by atoms with van der Waals surface area (Å²) in [7, 11) is 0. The van der Waals surface area contributed by atoms with Gasteiger partial charge in [-0.3, -0.25) is 9.59 Å². The Morgan fingerprint density at radius 1 is 0.833 bits per heavy atom. The van der Waals surface area contributed by atoms with Crippen molar-refractivity contribution in [3.8, 4) is 11.4 Å². The second-order valence-corrected chi connectivity index (χ2v) is 7.30. The minimum Gasteiger partial charge on any atom is -0.306 e. The normalized spacial score (nSPS) is 11.2. The van der Waals surface area contributed by atoms with E-state index in [1.165, 1.54) is 0 Å². The number of fused-ring (bicyclic) bond motifs is 2. The number of H-pyrrole nitrogens is 2. The van der Waals surface area contributed by atoms with Crippen molar-refractivity contribution in [2.75, 3.05) is 0 Å². The average molecular weight is 394 g/mol. The van der Waals surface area contributed by atoms with Crippen LogP contribution in [0.2, 0.25) is 0 Å². The summed E-state index contributed by atoms with van der Waals surface area (Å²) in [5, 5.41) is 8.91. The molecule has 0 spiro atoms. The number of nitrogens with zero attached hydrogens (tertiary/aromatic N) is 2. The number of rotatable bonds is 3. The van der Waals surface area contributed by atoms with Crippen LogP contribution in [0.5, 0.6) is 0 Å². The molecule has 2 N–H and O–H groups in total. The van der Waals surface area contributed by atoms with Gasteiger partial charge in [0.1, 0.15) is 5.82 Å². The van der Waals surface area contributed by atoms with Gasteiger partial charge in [-0.15, -0.1) is 0 Å². The van der Waals surface area contributed by atoms with Crippen LogP contribution in [0.3, 0.4) is 0 Å². The monoisotopic (exact) mass is 394 g/mol. The first-order chi connectivity index (χ1) is 14.6. The average Bonchev–Trinajstić information content (AvgIpc) is 2.76. The third-order valence-electron chi connectivity index (χ3n) is 5.32. The number of hydrogen-bond acceptors (Lipinski definition) is 4. The molecule has 0 atom stereocenters. The SMILES string of the molecule is Cc1cccc2nc(-c3ccc(Cc4n[nH]c(=O)c5ccccc45)cc3)[nH]c(=O)c12. The van der Waals surface area contributed by atoms with Crippen molar-refractivity contribution in [3.63, 3.8) is 0 Å². The van der Waals surface area contributed by atoms with Gasteiger partial charge in [-0.25, -0.2) is 10.1 Å². The lowest BCUT2D eigenvalue weighted by Gasteiger charge is -2.07. The Morgan fingerprint density at radius 3 is 2.40 bits per heavy atom. The summed E-state index contributed by atoms with van der Waals surface area (Å²) >= 11 is 0. The van der Waals surface area contributed by atoms with E-state index in [1.807, 2.05) is 67.6 Å². The van der Waals surface area contributed by atoms with E-state index in [0.29, 0.717) is 28.5 Å². The third-order valence-corrected chi connectivity index (χ3v) is 5.32. The molecule has 0 amide bonds. The van der Waals surface area contributed by atoms with Gasteiger partial charge in [-0.05, 0) is 30.2 Å². The Labute approximate surface area is 171 Å². The largest absolute Gasteiger partial charge is 0.306 e. The van der Waals surface area contributed by atoms with E-state index in [4.69, 9.17) is 0 Å². The van der Waals surface area contributed by atoms with Crippen molar-refractivity contribution in [2.24, 2.45) is 0 Å². The summed E-state index contributed by atoms with van der Waals surface area (Å²) < 4.78 is 0. The zero-order chi connectivity index (χ0) is 20.7. The van der Waals surface area contributed by atoms with E-state index in [-0.39, 0.29) is 11.1 Å². The molecule has 146 valence electrons. The van der Waals surface area contributed by atoms with Gasteiger partial charge < -0.3 is 4.98 Å². The van der Waals surface area contributed by atoms with E-state index in [1.54, 1.807) is 6.07 Å². The molecule has 0 saturated heterocycles. The minimum absolute atomic E-state index is 0.138. The number of nitrogens with one attached hydrogen (secondary N) is 2. The lowest BCUT2D eigenvalue weighted by molar-refractivity contribution is 0.934. The highest BCUT2D eigenvalue weighted by Crippen LogP contribution is 2.21. The summed E-state index contributed by atoms with van der Waals surface area (Å²) in [6.45, 7) is 1.91. The molecule has 6 nitrogen and oxygen atoms in total.